The summed E-state index contributed by atoms with van der Waals surface area (Å²) >= 11 is 6.22. The van der Waals surface area contributed by atoms with Crippen molar-refractivity contribution < 1.29 is 32.6 Å². The molecule has 0 spiro atoms. The summed E-state index contributed by atoms with van der Waals surface area (Å²) in [6, 6.07) is 9.30. The van der Waals surface area contributed by atoms with E-state index in [4.69, 9.17) is 16.3 Å². The summed E-state index contributed by atoms with van der Waals surface area (Å²) in [4.78, 5) is 25.3. The summed E-state index contributed by atoms with van der Waals surface area (Å²) in [5.41, 5.74) is 1.92. The van der Waals surface area contributed by atoms with E-state index in [1.807, 2.05) is 0 Å². The van der Waals surface area contributed by atoms with Gasteiger partial charge in [0.2, 0.25) is 5.91 Å². The van der Waals surface area contributed by atoms with Gasteiger partial charge in [0.05, 0.1) is 35.1 Å². The Balaban J connectivity index is 1.86. The van der Waals surface area contributed by atoms with Crippen LogP contribution in [-0.2, 0) is 27.2 Å². The number of carbonyl (C=O) groups is 2. The van der Waals surface area contributed by atoms with E-state index in [1.165, 1.54) is 18.2 Å². The standard InChI is InChI=1S/C27H31ClF3NO4/c1-15(27(29,30)31)24(19-9-8-16-6-5-7-17(16)12-19)25(35)32-21-13-18(10-11-20(21)28)22(33)14-23(34)36-26(2,3)4/h8-13,15,22,24,33H,5-7,14H2,1-4H3,(H,32,35)/t15-,22-,24+/m1/s1. The van der Waals surface area contributed by atoms with Gasteiger partial charge < -0.3 is 15.2 Å². The number of aryl methyl sites for hydroxylation is 2. The maximum Gasteiger partial charge on any atom is 0.392 e. The number of halogens is 4. The first-order valence-corrected chi connectivity index (χ1v) is 12.2. The second-order valence-corrected chi connectivity index (χ2v) is 10.6. The van der Waals surface area contributed by atoms with E-state index in [9.17, 15) is 27.9 Å². The van der Waals surface area contributed by atoms with Crippen molar-refractivity contribution in [1.82, 2.24) is 0 Å². The Labute approximate surface area is 214 Å². The SMILES string of the molecule is C[C@H]([C@H](C(=O)Nc1cc([C@H](O)CC(=O)OC(C)(C)C)ccc1Cl)c1ccc2c(c1)CCC2)C(F)(F)F. The fourth-order valence-corrected chi connectivity index (χ4v) is 4.52. The van der Waals surface area contributed by atoms with Crippen molar-refractivity contribution in [1.29, 1.82) is 0 Å². The zero-order valence-electron chi connectivity index (χ0n) is 20.7. The molecule has 1 aliphatic rings. The Morgan fingerprint density at radius 1 is 1.06 bits per heavy atom. The molecule has 0 heterocycles. The zero-order valence-corrected chi connectivity index (χ0v) is 21.5. The van der Waals surface area contributed by atoms with Gasteiger partial charge in [-0.2, -0.15) is 13.2 Å². The minimum Gasteiger partial charge on any atom is -0.460 e. The Morgan fingerprint density at radius 3 is 2.33 bits per heavy atom. The van der Waals surface area contributed by atoms with Gasteiger partial charge in [-0.1, -0.05) is 42.8 Å². The van der Waals surface area contributed by atoms with Crippen LogP contribution in [0.5, 0.6) is 0 Å². The number of amides is 1. The first-order chi connectivity index (χ1) is 16.7. The van der Waals surface area contributed by atoms with E-state index in [-0.39, 0.29) is 28.3 Å². The summed E-state index contributed by atoms with van der Waals surface area (Å²) < 4.78 is 46.5. The van der Waals surface area contributed by atoms with Gasteiger partial charge in [-0.25, -0.2) is 0 Å². The van der Waals surface area contributed by atoms with Crippen LogP contribution < -0.4 is 5.32 Å². The summed E-state index contributed by atoms with van der Waals surface area (Å²) in [6.45, 7) is 6.09. The van der Waals surface area contributed by atoms with E-state index in [2.05, 4.69) is 5.32 Å². The number of hydrogen-bond donors (Lipinski definition) is 2. The predicted octanol–water partition coefficient (Wildman–Crippen LogP) is 6.51. The van der Waals surface area contributed by atoms with E-state index < -0.39 is 41.6 Å². The van der Waals surface area contributed by atoms with Gasteiger partial charge >= 0.3 is 12.1 Å². The molecule has 2 aromatic carbocycles. The van der Waals surface area contributed by atoms with E-state index in [0.29, 0.717) is 0 Å². The molecule has 0 aromatic heterocycles. The third kappa shape index (κ3) is 7.01. The molecule has 9 heteroatoms. The molecule has 36 heavy (non-hydrogen) atoms. The smallest absolute Gasteiger partial charge is 0.392 e. The third-order valence-electron chi connectivity index (χ3n) is 6.19. The highest BCUT2D eigenvalue weighted by atomic mass is 35.5. The fraction of sp³-hybridized carbons (Fsp3) is 0.481. The number of anilines is 1. The van der Waals surface area contributed by atoms with Crippen molar-refractivity contribution >= 4 is 29.2 Å². The number of benzene rings is 2. The highest BCUT2D eigenvalue weighted by Crippen LogP contribution is 2.40. The molecule has 0 fully saturated rings. The van der Waals surface area contributed by atoms with Crippen LogP contribution in [0.15, 0.2) is 36.4 Å². The Morgan fingerprint density at radius 2 is 1.69 bits per heavy atom. The van der Waals surface area contributed by atoms with Crippen molar-refractivity contribution in [2.24, 2.45) is 5.92 Å². The number of carbonyl (C=O) groups excluding carboxylic acids is 2. The predicted molar refractivity (Wildman–Crippen MR) is 132 cm³/mol. The number of alkyl halides is 3. The lowest BCUT2D eigenvalue weighted by Crippen LogP contribution is -2.34. The summed E-state index contributed by atoms with van der Waals surface area (Å²) in [5, 5.41) is 13.1. The van der Waals surface area contributed by atoms with Crippen LogP contribution in [0.3, 0.4) is 0 Å². The lowest BCUT2D eigenvalue weighted by molar-refractivity contribution is -0.178. The fourth-order valence-electron chi connectivity index (χ4n) is 4.36. The second-order valence-electron chi connectivity index (χ2n) is 10.2. The minimum atomic E-state index is -4.60. The van der Waals surface area contributed by atoms with Gasteiger partial charge in [-0.3, -0.25) is 9.59 Å². The van der Waals surface area contributed by atoms with Gasteiger partial charge in [-0.15, -0.1) is 0 Å². The summed E-state index contributed by atoms with van der Waals surface area (Å²) in [7, 11) is 0. The molecular formula is C27H31ClF3NO4. The lowest BCUT2D eigenvalue weighted by atomic mass is 9.84. The van der Waals surface area contributed by atoms with Gasteiger partial charge in [0.25, 0.3) is 0 Å². The molecule has 3 rings (SSSR count). The molecule has 5 nitrogen and oxygen atoms in total. The Hall–Kier alpha value is -2.58. The molecule has 2 N–H and O–H groups in total. The number of ether oxygens (including phenoxy) is 1. The van der Waals surface area contributed by atoms with Crippen LogP contribution in [-0.4, -0.2) is 28.8 Å². The molecule has 0 aliphatic heterocycles. The number of fused-ring (bicyclic) bond motifs is 1. The largest absolute Gasteiger partial charge is 0.460 e. The van der Waals surface area contributed by atoms with E-state index in [0.717, 1.165) is 37.3 Å². The quantitative estimate of drug-likeness (QED) is 0.404. The molecule has 0 radical (unpaired) electrons. The third-order valence-corrected chi connectivity index (χ3v) is 6.52. The van der Waals surface area contributed by atoms with Crippen LogP contribution in [0.4, 0.5) is 18.9 Å². The normalized spacial score (nSPS) is 16.1. The average molecular weight is 526 g/mol. The van der Waals surface area contributed by atoms with Crippen LogP contribution in [0.2, 0.25) is 5.02 Å². The first-order valence-electron chi connectivity index (χ1n) is 11.8. The van der Waals surface area contributed by atoms with Gasteiger partial charge in [-0.05, 0) is 74.4 Å². The molecular weight excluding hydrogens is 495 g/mol. The molecule has 2 aromatic rings. The van der Waals surface area contributed by atoms with Crippen LogP contribution in [0, 0.1) is 5.92 Å². The molecule has 0 unspecified atom stereocenters. The molecule has 0 bridgehead atoms. The van der Waals surface area contributed by atoms with Crippen LogP contribution in [0.25, 0.3) is 0 Å². The maximum atomic E-state index is 13.8. The maximum absolute atomic E-state index is 13.8. The van der Waals surface area contributed by atoms with Crippen molar-refractivity contribution in [2.75, 3.05) is 5.32 Å². The minimum absolute atomic E-state index is 0.0444. The Bertz CT molecular complexity index is 1130. The van der Waals surface area contributed by atoms with E-state index in [1.54, 1.807) is 39.0 Å². The van der Waals surface area contributed by atoms with Crippen LogP contribution in [0.1, 0.15) is 74.8 Å². The number of rotatable bonds is 7. The number of esters is 1. The van der Waals surface area contributed by atoms with Gasteiger partial charge in [0.15, 0.2) is 0 Å². The van der Waals surface area contributed by atoms with Crippen molar-refractivity contribution in [3.63, 3.8) is 0 Å². The Kier molecular flexibility index (Phi) is 8.41. The molecule has 0 saturated heterocycles. The van der Waals surface area contributed by atoms with Crippen molar-refractivity contribution in [3.05, 3.63) is 63.7 Å². The first kappa shape index (κ1) is 28.0. The van der Waals surface area contributed by atoms with Crippen LogP contribution >= 0.6 is 11.6 Å². The lowest BCUT2D eigenvalue weighted by Gasteiger charge is -2.26. The number of hydrogen-bond acceptors (Lipinski definition) is 4. The molecule has 3 atom stereocenters. The molecule has 196 valence electrons. The average Bonchev–Trinajstić information content (AvgIpc) is 3.21. The zero-order chi connectivity index (χ0) is 26.8. The summed E-state index contributed by atoms with van der Waals surface area (Å²) in [5.74, 6) is -4.93. The monoisotopic (exact) mass is 525 g/mol. The topological polar surface area (TPSA) is 75.6 Å². The van der Waals surface area contributed by atoms with Gasteiger partial charge in [0.1, 0.15) is 5.60 Å². The number of aliphatic hydroxyl groups excluding tert-OH is 1. The second kappa shape index (κ2) is 10.8. The number of aliphatic hydroxyl groups is 1. The summed E-state index contributed by atoms with van der Waals surface area (Å²) in [6.07, 6.45) is -3.63. The highest BCUT2D eigenvalue weighted by molar-refractivity contribution is 6.33. The van der Waals surface area contributed by atoms with Crippen molar-refractivity contribution in [2.45, 2.75) is 77.2 Å². The van der Waals surface area contributed by atoms with E-state index >= 15 is 0 Å². The number of nitrogens with one attached hydrogen (secondary N) is 1. The highest BCUT2D eigenvalue weighted by Gasteiger charge is 2.45. The van der Waals surface area contributed by atoms with Gasteiger partial charge in [0, 0.05) is 0 Å². The molecule has 1 aliphatic carbocycles. The molecule has 0 saturated carbocycles. The van der Waals surface area contributed by atoms with Crippen molar-refractivity contribution in [3.8, 4) is 0 Å². The molecule has 1 amide bonds.